The van der Waals surface area contributed by atoms with Gasteiger partial charge in [0.25, 0.3) is 0 Å². The smallest absolute Gasteiger partial charge is 0.175 e. The summed E-state index contributed by atoms with van der Waals surface area (Å²) in [7, 11) is 0. The molecule has 1 aromatic heterocycles. The van der Waals surface area contributed by atoms with Crippen LogP contribution in [0.5, 0.6) is 0 Å². The average Bonchev–Trinajstić information content (AvgIpc) is 2.71. The molecule has 19 heavy (non-hydrogen) atoms. The van der Waals surface area contributed by atoms with Crippen LogP contribution in [0.15, 0.2) is 30.3 Å². The molecule has 0 fully saturated rings. The van der Waals surface area contributed by atoms with E-state index in [1.54, 1.807) is 6.07 Å². The number of Topliss-reactive ketones (excluding diaryl/α,β-unsaturated/α-hetero) is 1. The van der Waals surface area contributed by atoms with E-state index in [-0.39, 0.29) is 5.78 Å². The molecule has 0 bridgehead atoms. The topological polar surface area (TPSA) is 17.1 Å². The highest BCUT2D eigenvalue weighted by Crippen LogP contribution is 2.32. The number of halogens is 3. The highest BCUT2D eigenvalue weighted by atomic mass is 35.5. The van der Waals surface area contributed by atoms with Gasteiger partial charge in [0.1, 0.15) is 4.34 Å². The largest absolute Gasteiger partial charge is 0.293 e. The zero-order valence-corrected chi connectivity index (χ0v) is 13.6. The molecule has 0 saturated heterocycles. The summed E-state index contributed by atoms with van der Waals surface area (Å²) in [6.07, 6.45) is 0. The Morgan fingerprint density at radius 1 is 1.21 bits per heavy atom. The SMILES string of the molecule is O=C(CSCc1ccccc1Cl)c1cc(Cl)sc1Cl. The van der Waals surface area contributed by atoms with Crippen molar-refractivity contribution in [2.45, 2.75) is 5.75 Å². The molecule has 0 amide bonds. The first-order chi connectivity index (χ1) is 9.08. The lowest BCUT2D eigenvalue weighted by Crippen LogP contribution is -2.01. The van der Waals surface area contributed by atoms with Gasteiger partial charge in [-0.2, -0.15) is 0 Å². The van der Waals surface area contributed by atoms with Gasteiger partial charge in [0.05, 0.1) is 10.1 Å². The minimum absolute atomic E-state index is 0.00907. The molecule has 1 heterocycles. The zero-order valence-electron chi connectivity index (χ0n) is 9.66. The predicted molar refractivity (Wildman–Crippen MR) is 86.3 cm³/mol. The van der Waals surface area contributed by atoms with Gasteiger partial charge in [-0.05, 0) is 17.7 Å². The molecule has 0 aliphatic carbocycles. The molecule has 0 atom stereocenters. The van der Waals surface area contributed by atoms with Crippen LogP contribution in [0.4, 0.5) is 0 Å². The quantitative estimate of drug-likeness (QED) is 0.631. The van der Waals surface area contributed by atoms with Crippen molar-refractivity contribution >= 4 is 63.7 Å². The minimum atomic E-state index is -0.00907. The van der Waals surface area contributed by atoms with Gasteiger partial charge < -0.3 is 0 Å². The van der Waals surface area contributed by atoms with Crippen LogP contribution in [0, 0.1) is 0 Å². The number of thioether (sulfide) groups is 1. The summed E-state index contributed by atoms with van der Waals surface area (Å²) in [4.78, 5) is 12.0. The van der Waals surface area contributed by atoms with Crippen LogP contribution in [-0.2, 0) is 5.75 Å². The van der Waals surface area contributed by atoms with Crippen LogP contribution in [0.1, 0.15) is 15.9 Å². The maximum absolute atomic E-state index is 12.0. The molecule has 0 aliphatic heterocycles. The fourth-order valence-electron chi connectivity index (χ4n) is 1.48. The minimum Gasteiger partial charge on any atom is -0.293 e. The molecule has 2 aromatic rings. The summed E-state index contributed by atoms with van der Waals surface area (Å²) in [5.41, 5.74) is 1.53. The van der Waals surface area contributed by atoms with E-state index in [4.69, 9.17) is 34.8 Å². The Bertz CT molecular complexity index is 595. The lowest BCUT2D eigenvalue weighted by atomic mass is 10.2. The van der Waals surface area contributed by atoms with Crippen LogP contribution >= 0.6 is 57.9 Å². The molecule has 1 nitrogen and oxygen atoms in total. The Balaban J connectivity index is 1.91. The molecule has 0 saturated carbocycles. The van der Waals surface area contributed by atoms with E-state index in [2.05, 4.69) is 0 Å². The molecule has 0 radical (unpaired) electrons. The summed E-state index contributed by atoms with van der Waals surface area (Å²) in [5, 5.41) is 0.721. The lowest BCUT2D eigenvalue weighted by molar-refractivity contribution is 0.102. The summed E-state index contributed by atoms with van der Waals surface area (Å²) in [5.74, 6) is 1.05. The molecule has 1 aromatic carbocycles. The number of ketones is 1. The Morgan fingerprint density at radius 2 is 1.95 bits per heavy atom. The van der Waals surface area contributed by atoms with Crippen molar-refractivity contribution in [3.63, 3.8) is 0 Å². The van der Waals surface area contributed by atoms with Gasteiger partial charge in [-0.3, -0.25) is 4.79 Å². The maximum atomic E-state index is 12.0. The van der Waals surface area contributed by atoms with Crippen LogP contribution < -0.4 is 0 Å². The molecule has 100 valence electrons. The second kappa shape index (κ2) is 7.00. The van der Waals surface area contributed by atoms with Gasteiger partial charge >= 0.3 is 0 Å². The Hall–Kier alpha value is -0.190. The molecule has 0 spiro atoms. The number of carbonyl (C=O) groups excluding carboxylic acids is 1. The van der Waals surface area contributed by atoms with Gasteiger partial charge in [-0.1, -0.05) is 53.0 Å². The van der Waals surface area contributed by atoms with Crippen LogP contribution in [0.2, 0.25) is 13.7 Å². The van der Waals surface area contributed by atoms with Crippen LogP contribution in [0.25, 0.3) is 0 Å². The van der Waals surface area contributed by atoms with Gasteiger partial charge in [-0.15, -0.1) is 23.1 Å². The first kappa shape index (κ1) is 15.2. The summed E-state index contributed by atoms with van der Waals surface area (Å²) in [6.45, 7) is 0. The number of thiophene rings is 1. The van der Waals surface area contributed by atoms with Crippen molar-refractivity contribution in [1.82, 2.24) is 0 Å². The molecule has 6 heteroatoms. The number of benzene rings is 1. The fraction of sp³-hybridized carbons (Fsp3) is 0.154. The first-order valence-corrected chi connectivity index (χ1v) is 8.47. The number of hydrogen-bond acceptors (Lipinski definition) is 3. The van der Waals surface area contributed by atoms with Crippen molar-refractivity contribution in [3.8, 4) is 0 Å². The number of hydrogen-bond donors (Lipinski definition) is 0. The van der Waals surface area contributed by atoms with E-state index in [1.807, 2.05) is 24.3 Å². The van der Waals surface area contributed by atoms with Crippen LogP contribution in [0.3, 0.4) is 0 Å². The highest BCUT2D eigenvalue weighted by Gasteiger charge is 2.14. The summed E-state index contributed by atoms with van der Waals surface area (Å²) < 4.78 is 0.984. The third-order valence-corrected chi connectivity index (χ3v) is 5.24. The van der Waals surface area contributed by atoms with Crippen molar-refractivity contribution in [1.29, 1.82) is 0 Å². The Labute approximate surface area is 134 Å². The lowest BCUT2D eigenvalue weighted by Gasteiger charge is -2.03. The Kier molecular flexibility index (Phi) is 5.60. The van der Waals surface area contributed by atoms with Crippen molar-refractivity contribution in [2.24, 2.45) is 0 Å². The van der Waals surface area contributed by atoms with E-state index in [1.165, 1.54) is 23.1 Å². The molecule has 0 aliphatic rings. The zero-order chi connectivity index (χ0) is 13.8. The molecule has 2 rings (SSSR count). The molecule has 0 unspecified atom stereocenters. The standard InChI is InChI=1S/C13H9Cl3OS2/c14-10-4-2-1-3-8(10)6-18-7-11(17)9-5-12(15)19-13(9)16/h1-5H,6-7H2. The van der Waals surface area contributed by atoms with E-state index in [0.717, 1.165) is 10.6 Å². The normalized spacial score (nSPS) is 10.7. The number of rotatable bonds is 5. The summed E-state index contributed by atoms with van der Waals surface area (Å²) >= 11 is 20.5. The van der Waals surface area contributed by atoms with E-state index < -0.39 is 0 Å². The average molecular weight is 352 g/mol. The molecular weight excluding hydrogens is 343 g/mol. The van der Waals surface area contributed by atoms with E-state index in [9.17, 15) is 4.79 Å². The third-order valence-electron chi connectivity index (χ3n) is 2.41. The molecular formula is C13H9Cl3OS2. The van der Waals surface area contributed by atoms with Gasteiger partial charge in [0.15, 0.2) is 5.78 Å². The second-order valence-corrected chi connectivity index (χ2v) is 7.42. The first-order valence-electron chi connectivity index (χ1n) is 5.37. The van der Waals surface area contributed by atoms with Gasteiger partial charge in [-0.25, -0.2) is 0 Å². The van der Waals surface area contributed by atoms with E-state index in [0.29, 0.717) is 25.7 Å². The number of carbonyl (C=O) groups is 1. The van der Waals surface area contributed by atoms with Gasteiger partial charge in [0, 0.05) is 16.3 Å². The molecule has 0 N–H and O–H groups in total. The third kappa shape index (κ3) is 4.14. The van der Waals surface area contributed by atoms with Gasteiger partial charge in [0.2, 0.25) is 0 Å². The van der Waals surface area contributed by atoms with Crippen molar-refractivity contribution < 1.29 is 4.79 Å². The highest BCUT2D eigenvalue weighted by molar-refractivity contribution is 7.99. The monoisotopic (exact) mass is 350 g/mol. The van der Waals surface area contributed by atoms with Crippen molar-refractivity contribution in [3.05, 3.63) is 55.2 Å². The van der Waals surface area contributed by atoms with Crippen molar-refractivity contribution in [2.75, 3.05) is 5.75 Å². The Morgan fingerprint density at radius 3 is 2.58 bits per heavy atom. The predicted octanol–water partition coefficient (Wildman–Crippen LogP) is 5.82. The maximum Gasteiger partial charge on any atom is 0.175 e. The second-order valence-electron chi connectivity index (χ2n) is 3.75. The fourth-order valence-corrected chi connectivity index (χ4v) is 4.17. The van der Waals surface area contributed by atoms with E-state index >= 15 is 0 Å². The van der Waals surface area contributed by atoms with Crippen LogP contribution in [-0.4, -0.2) is 11.5 Å². The summed E-state index contributed by atoms with van der Waals surface area (Å²) in [6, 6.07) is 9.23.